The molecule has 5 nitrogen and oxygen atoms in total. The Morgan fingerprint density at radius 2 is 1.54 bits per heavy atom. The number of nitrogens with one attached hydrogen (secondary N) is 2. The minimum atomic E-state index is -3.67. The van der Waals surface area contributed by atoms with E-state index >= 15 is 0 Å². The first-order valence-corrected chi connectivity index (χ1v) is 9.29. The van der Waals surface area contributed by atoms with Gasteiger partial charge in [-0.2, -0.15) is 0 Å². The topological polar surface area (TPSA) is 75.3 Å². The Morgan fingerprint density at radius 3 is 2.08 bits per heavy atom. The minimum absolute atomic E-state index is 0.0820. The highest BCUT2D eigenvalue weighted by molar-refractivity contribution is 7.92. The summed E-state index contributed by atoms with van der Waals surface area (Å²) in [7, 11) is -3.67. The van der Waals surface area contributed by atoms with Gasteiger partial charge in [-0.25, -0.2) is 8.42 Å². The average Bonchev–Trinajstić information content (AvgIpc) is 2.46. The van der Waals surface area contributed by atoms with E-state index in [1.165, 1.54) is 12.1 Å². The van der Waals surface area contributed by atoms with Crippen LogP contribution in [0.2, 0.25) is 0 Å². The monoisotopic (exact) mass is 346 g/mol. The van der Waals surface area contributed by atoms with Crippen LogP contribution in [-0.2, 0) is 14.8 Å². The molecular formula is C18H22N2O3S. The molecule has 1 amide bonds. The summed E-state index contributed by atoms with van der Waals surface area (Å²) in [5.74, 6) is -0.0820. The lowest BCUT2D eigenvalue weighted by atomic mass is 10.1. The lowest BCUT2D eigenvalue weighted by molar-refractivity contribution is -0.116. The second-order valence-electron chi connectivity index (χ2n) is 5.80. The number of carbonyl (C=O) groups is 1. The zero-order chi connectivity index (χ0) is 17.7. The first-order valence-electron chi connectivity index (χ1n) is 7.81. The number of rotatable bonds is 6. The van der Waals surface area contributed by atoms with Gasteiger partial charge < -0.3 is 5.32 Å². The number of carbonyl (C=O) groups excluding carboxylic acids is 1. The standard InChI is InChI=1S/C18H22N2O3S/c1-4-5-18(21)19-15-6-8-17(9-7-15)24(22,23)20-16-11-13(2)10-14(3)12-16/h6-12,20H,4-5H2,1-3H3,(H,19,21). The van der Waals surface area contributed by atoms with Crippen molar-refractivity contribution < 1.29 is 13.2 Å². The highest BCUT2D eigenvalue weighted by Crippen LogP contribution is 2.20. The number of hydrogen-bond donors (Lipinski definition) is 2. The van der Waals surface area contributed by atoms with Crippen molar-refractivity contribution in [3.05, 3.63) is 53.6 Å². The molecular weight excluding hydrogens is 324 g/mol. The van der Waals surface area contributed by atoms with Crippen molar-refractivity contribution in [2.45, 2.75) is 38.5 Å². The molecule has 24 heavy (non-hydrogen) atoms. The third-order valence-electron chi connectivity index (χ3n) is 3.40. The van der Waals surface area contributed by atoms with Crippen molar-refractivity contribution >= 4 is 27.3 Å². The highest BCUT2D eigenvalue weighted by Gasteiger charge is 2.14. The second-order valence-corrected chi connectivity index (χ2v) is 7.49. The average molecular weight is 346 g/mol. The summed E-state index contributed by atoms with van der Waals surface area (Å²) in [4.78, 5) is 11.7. The summed E-state index contributed by atoms with van der Waals surface area (Å²) in [5.41, 5.74) is 3.09. The second kappa shape index (κ2) is 7.49. The van der Waals surface area contributed by atoms with E-state index in [-0.39, 0.29) is 10.8 Å². The van der Waals surface area contributed by atoms with Gasteiger partial charge in [0, 0.05) is 17.8 Å². The Kier molecular flexibility index (Phi) is 5.62. The molecule has 0 atom stereocenters. The molecule has 0 saturated heterocycles. The predicted octanol–water partition coefficient (Wildman–Crippen LogP) is 3.84. The number of hydrogen-bond acceptors (Lipinski definition) is 3. The van der Waals surface area contributed by atoms with E-state index < -0.39 is 10.0 Å². The van der Waals surface area contributed by atoms with Crippen LogP contribution < -0.4 is 10.0 Å². The number of amides is 1. The van der Waals surface area contributed by atoms with Gasteiger partial charge in [-0.3, -0.25) is 9.52 Å². The predicted molar refractivity (Wildman–Crippen MR) is 96.7 cm³/mol. The van der Waals surface area contributed by atoms with Crippen LogP contribution >= 0.6 is 0 Å². The van der Waals surface area contributed by atoms with E-state index in [9.17, 15) is 13.2 Å². The Hall–Kier alpha value is -2.34. The van der Waals surface area contributed by atoms with Gasteiger partial charge >= 0.3 is 0 Å². The van der Waals surface area contributed by atoms with Crippen LogP contribution in [0.5, 0.6) is 0 Å². The van der Waals surface area contributed by atoms with Gasteiger partial charge in [0.15, 0.2) is 0 Å². The lowest BCUT2D eigenvalue weighted by Crippen LogP contribution is -2.14. The lowest BCUT2D eigenvalue weighted by Gasteiger charge is -2.11. The van der Waals surface area contributed by atoms with Gasteiger partial charge in [0.1, 0.15) is 0 Å². The van der Waals surface area contributed by atoms with Crippen LogP contribution in [0.1, 0.15) is 30.9 Å². The molecule has 0 saturated carbocycles. The number of benzene rings is 2. The minimum Gasteiger partial charge on any atom is -0.326 e. The van der Waals surface area contributed by atoms with Gasteiger partial charge in [0.2, 0.25) is 5.91 Å². The van der Waals surface area contributed by atoms with E-state index in [1.54, 1.807) is 24.3 Å². The summed E-state index contributed by atoms with van der Waals surface area (Å²) in [6.07, 6.45) is 1.20. The van der Waals surface area contributed by atoms with Crippen molar-refractivity contribution in [1.29, 1.82) is 0 Å². The van der Waals surface area contributed by atoms with E-state index in [2.05, 4.69) is 10.0 Å². The summed E-state index contributed by atoms with van der Waals surface area (Å²) in [5, 5.41) is 2.73. The Labute approximate surface area is 143 Å². The molecule has 2 aromatic rings. The molecule has 0 spiro atoms. The zero-order valence-electron chi connectivity index (χ0n) is 14.1. The van der Waals surface area contributed by atoms with Crippen molar-refractivity contribution in [3.63, 3.8) is 0 Å². The molecule has 0 aliphatic carbocycles. The highest BCUT2D eigenvalue weighted by atomic mass is 32.2. The molecule has 0 unspecified atom stereocenters. The molecule has 0 heterocycles. The summed E-state index contributed by atoms with van der Waals surface area (Å²) in [6, 6.07) is 11.7. The molecule has 0 aliphatic heterocycles. The van der Waals surface area contributed by atoms with Gasteiger partial charge in [0.05, 0.1) is 4.90 Å². The van der Waals surface area contributed by atoms with E-state index in [4.69, 9.17) is 0 Å². The molecule has 0 bridgehead atoms. The molecule has 6 heteroatoms. The maximum Gasteiger partial charge on any atom is 0.261 e. The van der Waals surface area contributed by atoms with Crippen LogP contribution in [0.25, 0.3) is 0 Å². The van der Waals surface area contributed by atoms with Crippen LogP contribution in [0.15, 0.2) is 47.4 Å². The van der Waals surface area contributed by atoms with Crippen molar-refractivity contribution in [2.75, 3.05) is 10.0 Å². The number of sulfonamides is 1. The van der Waals surface area contributed by atoms with Crippen LogP contribution in [0.4, 0.5) is 11.4 Å². The first kappa shape index (κ1) is 18.0. The summed E-state index contributed by atoms with van der Waals surface area (Å²) < 4.78 is 27.5. The number of anilines is 2. The van der Waals surface area contributed by atoms with Crippen molar-refractivity contribution in [2.24, 2.45) is 0 Å². The molecule has 0 aliphatic rings. The summed E-state index contributed by atoms with van der Waals surface area (Å²) >= 11 is 0. The molecule has 0 aromatic heterocycles. The first-order chi connectivity index (χ1) is 11.3. The van der Waals surface area contributed by atoms with Crippen LogP contribution in [0, 0.1) is 13.8 Å². The quantitative estimate of drug-likeness (QED) is 0.834. The van der Waals surface area contributed by atoms with Gasteiger partial charge in [-0.15, -0.1) is 0 Å². The van der Waals surface area contributed by atoms with Crippen LogP contribution in [-0.4, -0.2) is 14.3 Å². The third-order valence-corrected chi connectivity index (χ3v) is 4.80. The fraction of sp³-hybridized carbons (Fsp3) is 0.278. The molecule has 2 N–H and O–H groups in total. The maximum atomic E-state index is 12.5. The van der Waals surface area contributed by atoms with Crippen molar-refractivity contribution in [1.82, 2.24) is 0 Å². The smallest absolute Gasteiger partial charge is 0.261 e. The van der Waals surface area contributed by atoms with Gasteiger partial charge in [0.25, 0.3) is 10.0 Å². The van der Waals surface area contributed by atoms with E-state index in [0.717, 1.165) is 17.5 Å². The largest absolute Gasteiger partial charge is 0.326 e. The Balaban J connectivity index is 2.16. The van der Waals surface area contributed by atoms with E-state index in [1.807, 2.05) is 26.8 Å². The van der Waals surface area contributed by atoms with Gasteiger partial charge in [-0.05, 0) is 67.8 Å². The van der Waals surface area contributed by atoms with Gasteiger partial charge in [-0.1, -0.05) is 13.0 Å². The third kappa shape index (κ3) is 4.83. The Morgan fingerprint density at radius 1 is 0.958 bits per heavy atom. The summed E-state index contributed by atoms with van der Waals surface area (Å²) in [6.45, 7) is 5.76. The fourth-order valence-electron chi connectivity index (χ4n) is 2.42. The normalized spacial score (nSPS) is 11.1. The van der Waals surface area contributed by atoms with E-state index in [0.29, 0.717) is 17.8 Å². The molecule has 128 valence electrons. The van der Waals surface area contributed by atoms with Crippen molar-refractivity contribution in [3.8, 4) is 0 Å². The zero-order valence-corrected chi connectivity index (χ0v) is 14.9. The fourth-order valence-corrected chi connectivity index (χ4v) is 3.46. The van der Waals surface area contributed by atoms with Crippen LogP contribution in [0.3, 0.4) is 0 Å². The molecule has 0 radical (unpaired) electrons. The Bertz CT molecular complexity index is 808. The number of aryl methyl sites for hydroxylation is 2. The SMILES string of the molecule is CCCC(=O)Nc1ccc(S(=O)(=O)Nc2cc(C)cc(C)c2)cc1. The maximum absolute atomic E-state index is 12.5. The molecule has 2 aromatic carbocycles. The molecule has 2 rings (SSSR count). The molecule has 0 fully saturated rings.